The number of nitrogens with one attached hydrogen (secondary N) is 1. The second-order valence-electron chi connectivity index (χ2n) is 2.98. The van der Waals surface area contributed by atoms with Gasteiger partial charge in [0.05, 0.1) is 0 Å². The van der Waals surface area contributed by atoms with Crippen LogP contribution in [0, 0.1) is 6.92 Å². The summed E-state index contributed by atoms with van der Waals surface area (Å²) < 4.78 is 25.7. The molecule has 0 aliphatic carbocycles. The second-order valence-corrected chi connectivity index (χ2v) is 6.26. The molecule has 7 heteroatoms. The summed E-state index contributed by atoms with van der Waals surface area (Å²) in [6, 6.07) is 3.26. The highest BCUT2D eigenvalue weighted by Crippen LogP contribution is 2.19. The molecule has 0 unspecified atom stereocenters. The van der Waals surface area contributed by atoms with Gasteiger partial charge in [-0.25, -0.2) is 13.1 Å². The van der Waals surface area contributed by atoms with E-state index in [1.807, 2.05) is 6.92 Å². The Morgan fingerprint density at radius 2 is 2.20 bits per heavy atom. The van der Waals surface area contributed by atoms with Crippen LogP contribution in [-0.2, 0) is 14.8 Å². The number of primary amides is 1. The van der Waals surface area contributed by atoms with E-state index in [2.05, 4.69) is 4.72 Å². The highest BCUT2D eigenvalue weighted by molar-refractivity contribution is 7.91. The van der Waals surface area contributed by atoms with Gasteiger partial charge in [0.2, 0.25) is 15.9 Å². The quantitative estimate of drug-likeness (QED) is 0.780. The number of aryl methyl sites for hydroxylation is 1. The number of rotatable bonds is 5. The molecule has 0 spiro atoms. The van der Waals surface area contributed by atoms with Crippen molar-refractivity contribution in [3.05, 3.63) is 17.0 Å². The lowest BCUT2D eigenvalue weighted by Gasteiger charge is -2.02. The smallest absolute Gasteiger partial charge is 0.250 e. The van der Waals surface area contributed by atoms with Gasteiger partial charge in [-0.05, 0) is 19.1 Å². The summed E-state index contributed by atoms with van der Waals surface area (Å²) in [6.45, 7) is 1.86. The molecule has 0 fully saturated rings. The zero-order chi connectivity index (χ0) is 11.5. The highest BCUT2D eigenvalue weighted by Gasteiger charge is 2.15. The molecule has 1 aromatic heterocycles. The van der Waals surface area contributed by atoms with Crippen LogP contribution < -0.4 is 10.5 Å². The molecule has 1 amide bonds. The Morgan fingerprint density at radius 1 is 1.53 bits per heavy atom. The first-order valence-electron chi connectivity index (χ1n) is 4.26. The molecule has 1 rings (SSSR count). The first-order valence-corrected chi connectivity index (χ1v) is 6.56. The van der Waals surface area contributed by atoms with Gasteiger partial charge in [-0.1, -0.05) is 0 Å². The van der Waals surface area contributed by atoms with Gasteiger partial charge in [0.1, 0.15) is 4.21 Å². The SMILES string of the molecule is Cc1ccc(S(=O)(=O)NCCC(N)=O)s1. The summed E-state index contributed by atoms with van der Waals surface area (Å²) in [7, 11) is -3.47. The Labute approximate surface area is 92.3 Å². The third-order valence-electron chi connectivity index (χ3n) is 1.64. The Morgan fingerprint density at radius 3 is 2.67 bits per heavy atom. The average molecular weight is 248 g/mol. The lowest BCUT2D eigenvalue weighted by Crippen LogP contribution is -2.27. The van der Waals surface area contributed by atoms with E-state index in [4.69, 9.17) is 5.73 Å². The summed E-state index contributed by atoms with van der Waals surface area (Å²) in [5.41, 5.74) is 4.89. The monoisotopic (exact) mass is 248 g/mol. The lowest BCUT2D eigenvalue weighted by molar-refractivity contribution is -0.117. The van der Waals surface area contributed by atoms with E-state index in [1.54, 1.807) is 6.07 Å². The van der Waals surface area contributed by atoms with E-state index in [1.165, 1.54) is 17.4 Å². The molecular formula is C8H12N2O3S2. The van der Waals surface area contributed by atoms with Crippen molar-refractivity contribution in [1.29, 1.82) is 0 Å². The van der Waals surface area contributed by atoms with Crippen molar-refractivity contribution < 1.29 is 13.2 Å². The Hall–Kier alpha value is -0.920. The molecule has 0 saturated carbocycles. The molecule has 0 aliphatic heterocycles. The third-order valence-corrected chi connectivity index (χ3v) is 4.60. The Balaban J connectivity index is 2.64. The first-order chi connectivity index (χ1) is 6.92. The van der Waals surface area contributed by atoms with Gasteiger partial charge in [-0.15, -0.1) is 11.3 Å². The van der Waals surface area contributed by atoms with Crippen LogP contribution in [0.1, 0.15) is 11.3 Å². The third kappa shape index (κ3) is 3.61. The van der Waals surface area contributed by atoms with Crippen molar-refractivity contribution >= 4 is 27.3 Å². The number of hydrogen-bond donors (Lipinski definition) is 2. The maximum Gasteiger partial charge on any atom is 0.250 e. The van der Waals surface area contributed by atoms with Crippen LogP contribution in [0.4, 0.5) is 0 Å². The van der Waals surface area contributed by atoms with E-state index in [0.717, 1.165) is 4.88 Å². The van der Waals surface area contributed by atoms with Gasteiger partial charge < -0.3 is 5.73 Å². The van der Waals surface area contributed by atoms with E-state index in [0.29, 0.717) is 0 Å². The van der Waals surface area contributed by atoms with Crippen LogP contribution in [0.2, 0.25) is 0 Å². The first kappa shape index (κ1) is 12.2. The van der Waals surface area contributed by atoms with Crippen molar-refractivity contribution in [2.45, 2.75) is 17.6 Å². The van der Waals surface area contributed by atoms with Gasteiger partial charge in [0, 0.05) is 17.8 Å². The predicted octanol–water partition coefficient (Wildman–Crippen LogP) is 0.210. The molecule has 0 aromatic carbocycles. The van der Waals surface area contributed by atoms with Crippen molar-refractivity contribution in [2.75, 3.05) is 6.54 Å². The molecular weight excluding hydrogens is 236 g/mol. The number of hydrogen-bond acceptors (Lipinski definition) is 4. The normalized spacial score (nSPS) is 11.5. The zero-order valence-corrected chi connectivity index (χ0v) is 9.82. The van der Waals surface area contributed by atoms with Crippen molar-refractivity contribution in [3.8, 4) is 0 Å². The molecule has 0 aliphatic rings. The van der Waals surface area contributed by atoms with Crippen molar-refractivity contribution in [3.63, 3.8) is 0 Å². The lowest BCUT2D eigenvalue weighted by atomic mass is 10.4. The molecule has 3 N–H and O–H groups in total. The average Bonchev–Trinajstić information content (AvgIpc) is 2.51. The maximum atomic E-state index is 11.6. The van der Waals surface area contributed by atoms with Gasteiger partial charge >= 0.3 is 0 Å². The van der Waals surface area contributed by atoms with Crippen LogP contribution in [-0.4, -0.2) is 20.9 Å². The minimum Gasteiger partial charge on any atom is -0.370 e. The second kappa shape index (κ2) is 4.73. The number of thiophene rings is 1. The molecule has 0 saturated heterocycles. The van der Waals surface area contributed by atoms with Crippen LogP contribution in [0.15, 0.2) is 16.3 Å². The Kier molecular flexibility index (Phi) is 3.83. The summed E-state index contributed by atoms with van der Waals surface area (Å²) in [4.78, 5) is 11.3. The van der Waals surface area contributed by atoms with Crippen LogP contribution >= 0.6 is 11.3 Å². The van der Waals surface area contributed by atoms with E-state index >= 15 is 0 Å². The number of amides is 1. The summed E-state index contributed by atoms with van der Waals surface area (Å²) in [6.07, 6.45) is 0.00356. The standard InChI is InChI=1S/C8H12N2O3S2/c1-6-2-3-8(14-6)15(12,13)10-5-4-7(9)11/h2-3,10H,4-5H2,1H3,(H2,9,11). The minimum absolute atomic E-state index is 0.00356. The fourth-order valence-corrected chi connectivity index (χ4v) is 3.30. The van der Waals surface area contributed by atoms with E-state index in [9.17, 15) is 13.2 Å². The number of carbonyl (C=O) groups excluding carboxylic acids is 1. The molecule has 5 nitrogen and oxygen atoms in total. The topological polar surface area (TPSA) is 89.3 Å². The van der Waals surface area contributed by atoms with Crippen molar-refractivity contribution in [2.24, 2.45) is 5.73 Å². The van der Waals surface area contributed by atoms with Crippen LogP contribution in [0.25, 0.3) is 0 Å². The summed E-state index contributed by atoms with van der Waals surface area (Å²) in [5, 5.41) is 0. The Bertz CT molecular complexity index is 450. The van der Waals surface area contributed by atoms with Crippen molar-refractivity contribution in [1.82, 2.24) is 4.72 Å². The number of sulfonamides is 1. The highest BCUT2D eigenvalue weighted by atomic mass is 32.2. The number of carbonyl (C=O) groups is 1. The van der Waals surface area contributed by atoms with E-state index in [-0.39, 0.29) is 17.2 Å². The largest absolute Gasteiger partial charge is 0.370 e. The molecule has 1 aromatic rings. The minimum atomic E-state index is -3.47. The fraction of sp³-hybridized carbons (Fsp3) is 0.375. The van der Waals surface area contributed by atoms with Gasteiger partial charge in [-0.3, -0.25) is 4.79 Å². The fourth-order valence-electron chi connectivity index (χ4n) is 0.936. The number of nitrogens with two attached hydrogens (primary N) is 1. The van der Waals surface area contributed by atoms with Gasteiger partial charge in [-0.2, -0.15) is 0 Å². The summed E-state index contributed by atoms with van der Waals surface area (Å²) >= 11 is 1.19. The molecule has 0 bridgehead atoms. The van der Waals surface area contributed by atoms with Gasteiger partial charge in [0.15, 0.2) is 0 Å². The predicted molar refractivity (Wildman–Crippen MR) is 58.1 cm³/mol. The summed E-state index contributed by atoms with van der Waals surface area (Å²) in [5.74, 6) is -0.528. The molecule has 84 valence electrons. The molecule has 0 atom stereocenters. The van der Waals surface area contributed by atoms with E-state index < -0.39 is 15.9 Å². The van der Waals surface area contributed by atoms with Crippen LogP contribution in [0.3, 0.4) is 0 Å². The molecule has 0 radical (unpaired) electrons. The zero-order valence-electron chi connectivity index (χ0n) is 8.19. The van der Waals surface area contributed by atoms with Crippen LogP contribution in [0.5, 0.6) is 0 Å². The maximum absolute atomic E-state index is 11.6. The molecule has 15 heavy (non-hydrogen) atoms. The molecule has 1 heterocycles. The van der Waals surface area contributed by atoms with Gasteiger partial charge in [0.25, 0.3) is 0 Å².